The Kier molecular flexibility index (Phi) is 3.75. The van der Waals surface area contributed by atoms with Crippen molar-refractivity contribution in [2.75, 3.05) is 0 Å². The lowest BCUT2D eigenvalue weighted by Gasteiger charge is -2.18. The molecule has 0 aromatic carbocycles. The molecule has 1 atom stereocenters. The zero-order valence-corrected chi connectivity index (χ0v) is 10.1. The van der Waals surface area contributed by atoms with Crippen LogP contribution in [0.2, 0.25) is 0 Å². The van der Waals surface area contributed by atoms with Crippen LogP contribution in [0.3, 0.4) is 0 Å². The van der Waals surface area contributed by atoms with Crippen LogP contribution in [0, 0.1) is 0 Å². The first-order valence-electron chi connectivity index (χ1n) is 5.34. The van der Waals surface area contributed by atoms with Gasteiger partial charge in [-0.3, -0.25) is 0 Å². The third-order valence-electron chi connectivity index (χ3n) is 1.94. The van der Waals surface area contributed by atoms with Crippen molar-refractivity contribution >= 4 is 5.97 Å². The summed E-state index contributed by atoms with van der Waals surface area (Å²) in [5, 5.41) is 9.51. The van der Waals surface area contributed by atoms with Crippen molar-refractivity contribution in [1.29, 1.82) is 0 Å². The van der Waals surface area contributed by atoms with Crippen LogP contribution in [-0.4, -0.2) is 16.7 Å². The van der Waals surface area contributed by atoms with Gasteiger partial charge in [0.25, 0.3) is 0 Å². The number of hydrogen-bond acceptors (Lipinski definition) is 4. The van der Waals surface area contributed by atoms with Crippen molar-refractivity contribution in [1.82, 2.24) is 0 Å². The van der Waals surface area contributed by atoms with Crippen LogP contribution in [0.4, 0.5) is 0 Å². The molecule has 1 heterocycles. The molecule has 0 bridgehead atoms. The maximum atomic E-state index is 11.6. The maximum Gasteiger partial charge on any atom is 0.374 e. The molecular weight excluding hydrogens is 208 g/mol. The summed E-state index contributed by atoms with van der Waals surface area (Å²) in [5.74, 6) is 0.00263. The van der Waals surface area contributed by atoms with Crippen LogP contribution >= 0.6 is 0 Å². The summed E-state index contributed by atoms with van der Waals surface area (Å²) in [6.07, 6.45) is -0.127. The van der Waals surface area contributed by atoms with Crippen LogP contribution < -0.4 is 0 Å². The summed E-state index contributed by atoms with van der Waals surface area (Å²) in [5.41, 5.74) is -0.548. The van der Waals surface area contributed by atoms with Gasteiger partial charge in [-0.1, -0.05) is 6.92 Å². The second-order valence-electron chi connectivity index (χ2n) is 4.63. The Hall–Kier alpha value is -1.29. The molecule has 0 spiro atoms. The Bertz CT molecular complexity index is 359. The zero-order chi connectivity index (χ0) is 12.3. The Morgan fingerprint density at radius 1 is 1.50 bits per heavy atom. The average Bonchev–Trinajstić information content (AvgIpc) is 2.62. The molecule has 0 saturated heterocycles. The molecule has 1 aromatic heterocycles. The number of ether oxygens (including phenoxy) is 1. The van der Waals surface area contributed by atoms with E-state index < -0.39 is 17.7 Å². The number of carbonyl (C=O) groups is 1. The van der Waals surface area contributed by atoms with Gasteiger partial charge < -0.3 is 14.3 Å². The van der Waals surface area contributed by atoms with Gasteiger partial charge >= 0.3 is 5.97 Å². The molecule has 1 aromatic rings. The minimum absolute atomic E-state index is 0.123. The fourth-order valence-corrected chi connectivity index (χ4v) is 1.17. The third kappa shape index (κ3) is 3.38. The van der Waals surface area contributed by atoms with Gasteiger partial charge in [-0.2, -0.15) is 0 Å². The molecule has 90 valence electrons. The van der Waals surface area contributed by atoms with Crippen molar-refractivity contribution in [2.24, 2.45) is 0 Å². The van der Waals surface area contributed by atoms with Gasteiger partial charge in [-0.05, 0) is 39.3 Å². The second kappa shape index (κ2) is 4.70. The monoisotopic (exact) mass is 226 g/mol. The number of aliphatic hydroxyl groups is 1. The lowest BCUT2D eigenvalue weighted by molar-refractivity contribution is 0.00303. The Morgan fingerprint density at radius 2 is 2.12 bits per heavy atom. The predicted octanol–water partition coefficient (Wildman–Crippen LogP) is 2.68. The van der Waals surface area contributed by atoms with E-state index in [-0.39, 0.29) is 5.76 Å². The molecule has 0 unspecified atom stereocenters. The number of hydrogen-bond donors (Lipinski definition) is 1. The van der Waals surface area contributed by atoms with Crippen LogP contribution in [0.1, 0.15) is 56.5 Å². The summed E-state index contributed by atoms with van der Waals surface area (Å²) in [7, 11) is 0. The molecule has 0 radical (unpaired) electrons. The first-order valence-corrected chi connectivity index (χ1v) is 5.34. The first kappa shape index (κ1) is 12.8. The highest BCUT2D eigenvalue weighted by Crippen LogP contribution is 2.20. The van der Waals surface area contributed by atoms with E-state index in [9.17, 15) is 9.90 Å². The van der Waals surface area contributed by atoms with E-state index in [1.807, 2.05) is 6.92 Å². The highest BCUT2D eigenvalue weighted by atomic mass is 16.6. The van der Waals surface area contributed by atoms with E-state index in [0.29, 0.717) is 12.2 Å². The van der Waals surface area contributed by atoms with E-state index in [1.165, 1.54) is 6.07 Å². The van der Waals surface area contributed by atoms with E-state index >= 15 is 0 Å². The first-order chi connectivity index (χ1) is 7.33. The quantitative estimate of drug-likeness (QED) is 0.805. The number of furan rings is 1. The van der Waals surface area contributed by atoms with E-state index in [2.05, 4.69) is 0 Å². The molecule has 1 rings (SSSR count). The van der Waals surface area contributed by atoms with Crippen LogP contribution in [-0.2, 0) is 4.74 Å². The largest absolute Gasteiger partial charge is 0.454 e. The smallest absolute Gasteiger partial charge is 0.374 e. The summed E-state index contributed by atoms with van der Waals surface area (Å²) in [4.78, 5) is 11.6. The summed E-state index contributed by atoms with van der Waals surface area (Å²) in [6.45, 7) is 7.20. The maximum absolute atomic E-state index is 11.6. The Morgan fingerprint density at radius 3 is 2.62 bits per heavy atom. The molecule has 16 heavy (non-hydrogen) atoms. The lowest BCUT2D eigenvalue weighted by atomic mass is 10.2. The molecule has 4 heteroatoms. The minimum atomic E-state index is -0.670. The van der Waals surface area contributed by atoms with Gasteiger partial charge in [0.1, 0.15) is 17.5 Å². The van der Waals surface area contributed by atoms with Crippen LogP contribution in [0.15, 0.2) is 16.5 Å². The summed E-state index contributed by atoms with van der Waals surface area (Å²) >= 11 is 0. The van der Waals surface area contributed by atoms with Gasteiger partial charge in [-0.25, -0.2) is 4.79 Å². The third-order valence-corrected chi connectivity index (χ3v) is 1.94. The van der Waals surface area contributed by atoms with E-state index in [4.69, 9.17) is 9.15 Å². The molecule has 0 amide bonds. The fraction of sp³-hybridized carbons (Fsp3) is 0.583. The van der Waals surface area contributed by atoms with Crippen molar-refractivity contribution in [3.63, 3.8) is 0 Å². The Balaban J connectivity index is 2.75. The van der Waals surface area contributed by atoms with E-state index in [0.717, 1.165) is 0 Å². The van der Waals surface area contributed by atoms with Gasteiger partial charge in [0.05, 0.1) is 0 Å². The summed E-state index contributed by atoms with van der Waals surface area (Å²) < 4.78 is 10.4. The van der Waals surface area contributed by atoms with Crippen molar-refractivity contribution in [2.45, 2.75) is 45.8 Å². The molecule has 1 N–H and O–H groups in total. The number of rotatable bonds is 3. The van der Waals surface area contributed by atoms with Crippen LogP contribution in [0.25, 0.3) is 0 Å². The standard InChI is InChI=1S/C12H18O4/c1-5-8(13)9-6-7-10(15-9)11(14)16-12(2,3)4/h6-8,13H,5H2,1-4H3/t8-/m0/s1. The number of carbonyl (C=O) groups excluding carboxylic acids is 1. The van der Waals surface area contributed by atoms with Crippen molar-refractivity contribution in [3.8, 4) is 0 Å². The number of esters is 1. The van der Waals surface area contributed by atoms with Gasteiger partial charge in [-0.15, -0.1) is 0 Å². The average molecular weight is 226 g/mol. The van der Waals surface area contributed by atoms with Crippen molar-refractivity contribution < 1.29 is 19.1 Å². The normalized spacial score (nSPS) is 13.6. The predicted molar refractivity (Wildman–Crippen MR) is 59.1 cm³/mol. The van der Waals surface area contributed by atoms with Crippen molar-refractivity contribution in [3.05, 3.63) is 23.7 Å². The van der Waals surface area contributed by atoms with Gasteiger partial charge in [0.2, 0.25) is 5.76 Å². The SMILES string of the molecule is CC[C@H](O)c1ccc(C(=O)OC(C)(C)C)o1. The molecule has 0 aliphatic carbocycles. The number of aliphatic hydroxyl groups excluding tert-OH is 1. The van der Waals surface area contributed by atoms with E-state index in [1.54, 1.807) is 26.8 Å². The van der Waals surface area contributed by atoms with Gasteiger partial charge in [0.15, 0.2) is 0 Å². The zero-order valence-electron chi connectivity index (χ0n) is 10.1. The lowest BCUT2D eigenvalue weighted by Crippen LogP contribution is -2.23. The molecule has 0 saturated carbocycles. The van der Waals surface area contributed by atoms with Gasteiger partial charge in [0, 0.05) is 0 Å². The molecular formula is C12H18O4. The van der Waals surface area contributed by atoms with Crippen LogP contribution in [0.5, 0.6) is 0 Å². The Labute approximate surface area is 95.2 Å². The summed E-state index contributed by atoms with van der Waals surface area (Å²) in [6, 6.07) is 3.11. The molecule has 4 nitrogen and oxygen atoms in total. The highest BCUT2D eigenvalue weighted by Gasteiger charge is 2.21. The minimum Gasteiger partial charge on any atom is -0.454 e. The second-order valence-corrected chi connectivity index (χ2v) is 4.63. The fourth-order valence-electron chi connectivity index (χ4n) is 1.17. The molecule has 0 aliphatic rings. The molecule has 0 aliphatic heterocycles. The topological polar surface area (TPSA) is 59.7 Å². The highest BCUT2D eigenvalue weighted by molar-refractivity contribution is 5.86. The molecule has 0 fully saturated rings.